The van der Waals surface area contributed by atoms with Gasteiger partial charge in [-0.2, -0.15) is 16.9 Å². The molecule has 1 aliphatic heterocycles. The first-order valence-electron chi connectivity index (χ1n) is 7.25. The molecule has 0 radical (unpaired) electrons. The van der Waals surface area contributed by atoms with Crippen LogP contribution in [-0.2, 0) is 0 Å². The fourth-order valence-corrected chi connectivity index (χ4v) is 3.28. The molecule has 3 N–H and O–H groups in total. The van der Waals surface area contributed by atoms with Gasteiger partial charge < -0.3 is 15.4 Å². The molecule has 22 heavy (non-hydrogen) atoms. The molecule has 120 valence electrons. The van der Waals surface area contributed by atoms with Gasteiger partial charge in [0.05, 0.1) is 12.8 Å². The minimum absolute atomic E-state index is 0.181. The van der Waals surface area contributed by atoms with Crippen LogP contribution in [-0.4, -0.2) is 54.0 Å². The number of hydrazone groups is 1. The zero-order valence-corrected chi connectivity index (χ0v) is 14.4. The molecule has 1 aromatic rings. The summed E-state index contributed by atoms with van der Waals surface area (Å²) in [6.07, 6.45) is 0.854. The Morgan fingerprint density at radius 2 is 2.05 bits per heavy atom. The molecular formula is C15H22N4OS2. The highest BCUT2D eigenvalue weighted by molar-refractivity contribution is 7.99. The summed E-state index contributed by atoms with van der Waals surface area (Å²) >= 11 is 6.85. The normalized spacial score (nSPS) is 16.3. The first-order valence-corrected chi connectivity index (χ1v) is 8.82. The summed E-state index contributed by atoms with van der Waals surface area (Å²) in [5.41, 5.74) is 10.2. The first-order chi connectivity index (χ1) is 10.7. The second-order valence-corrected chi connectivity index (χ2v) is 6.63. The molecule has 0 spiro atoms. The average Bonchev–Trinajstić information content (AvgIpc) is 2.56. The Hall–Kier alpha value is -1.31. The first kappa shape index (κ1) is 17.1. The predicted molar refractivity (Wildman–Crippen MR) is 97.8 cm³/mol. The Kier molecular flexibility index (Phi) is 6.95. The van der Waals surface area contributed by atoms with Gasteiger partial charge in [0.15, 0.2) is 5.11 Å². The van der Waals surface area contributed by atoms with Crippen molar-refractivity contribution in [1.82, 2.24) is 10.3 Å². The quantitative estimate of drug-likeness (QED) is 0.467. The smallest absolute Gasteiger partial charge is 0.184 e. The van der Waals surface area contributed by atoms with Crippen molar-refractivity contribution in [2.45, 2.75) is 6.42 Å². The number of ether oxygens (including phenoxy) is 1. The van der Waals surface area contributed by atoms with Crippen molar-refractivity contribution >= 4 is 34.8 Å². The number of benzene rings is 1. The van der Waals surface area contributed by atoms with Crippen LogP contribution in [0.3, 0.4) is 0 Å². The van der Waals surface area contributed by atoms with Gasteiger partial charge in [-0.05, 0) is 42.0 Å². The van der Waals surface area contributed by atoms with Crippen LogP contribution in [0.1, 0.15) is 12.0 Å². The molecule has 0 aromatic heterocycles. The van der Waals surface area contributed by atoms with E-state index in [0.717, 1.165) is 43.1 Å². The third-order valence-electron chi connectivity index (χ3n) is 3.49. The standard InChI is InChI=1S/C15H22N4OS2/c1-20-13-4-2-12(3-5-13)14(17-18-15(16)21)6-7-19-8-10-22-11-9-19/h2-5H,6-11H2,1H3,(H3,16,18,21)/b17-14-. The number of nitrogens with one attached hydrogen (secondary N) is 1. The molecule has 1 aromatic carbocycles. The maximum absolute atomic E-state index is 5.48. The SMILES string of the molecule is COc1ccc(/C(CCN2CCSCC2)=N\NC(N)=S)cc1. The highest BCUT2D eigenvalue weighted by Crippen LogP contribution is 2.15. The van der Waals surface area contributed by atoms with Crippen molar-refractivity contribution in [3.8, 4) is 5.75 Å². The Morgan fingerprint density at radius 3 is 2.64 bits per heavy atom. The molecular weight excluding hydrogens is 316 g/mol. The van der Waals surface area contributed by atoms with Crippen LogP contribution >= 0.6 is 24.0 Å². The highest BCUT2D eigenvalue weighted by atomic mass is 32.2. The molecule has 2 rings (SSSR count). The van der Waals surface area contributed by atoms with Crippen LogP contribution in [0.2, 0.25) is 0 Å². The summed E-state index contributed by atoms with van der Waals surface area (Å²) in [6.45, 7) is 3.27. The summed E-state index contributed by atoms with van der Waals surface area (Å²) in [5, 5.41) is 4.54. The second kappa shape index (κ2) is 8.97. The molecule has 1 saturated heterocycles. The molecule has 0 atom stereocenters. The van der Waals surface area contributed by atoms with E-state index < -0.39 is 0 Å². The van der Waals surface area contributed by atoms with Gasteiger partial charge in [0.2, 0.25) is 0 Å². The van der Waals surface area contributed by atoms with E-state index >= 15 is 0 Å². The fourth-order valence-electron chi connectivity index (χ4n) is 2.26. The maximum atomic E-state index is 5.48. The summed E-state index contributed by atoms with van der Waals surface area (Å²) in [7, 11) is 1.66. The van der Waals surface area contributed by atoms with Gasteiger partial charge in [0.25, 0.3) is 0 Å². The Morgan fingerprint density at radius 1 is 1.36 bits per heavy atom. The summed E-state index contributed by atoms with van der Waals surface area (Å²) in [4.78, 5) is 2.47. The van der Waals surface area contributed by atoms with Gasteiger partial charge in [0, 0.05) is 37.6 Å². The van der Waals surface area contributed by atoms with E-state index in [-0.39, 0.29) is 5.11 Å². The lowest BCUT2D eigenvalue weighted by Crippen LogP contribution is -2.34. The maximum Gasteiger partial charge on any atom is 0.184 e. The van der Waals surface area contributed by atoms with Crippen LogP contribution in [0.25, 0.3) is 0 Å². The lowest BCUT2D eigenvalue weighted by molar-refractivity contribution is 0.312. The van der Waals surface area contributed by atoms with E-state index in [1.165, 1.54) is 11.5 Å². The zero-order valence-electron chi connectivity index (χ0n) is 12.7. The van der Waals surface area contributed by atoms with E-state index in [2.05, 4.69) is 15.4 Å². The van der Waals surface area contributed by atoms with Gasteiger partial charge in [-0.25, -0.2) is 0 Å². The van der Waals surface area contributed by atoms with Crippen LogP contribution in [0, 0.1) is 0 Å². The molecule has 0 aliphatic carbocycles. The van der Waals surface area contributed by atoms with Gasteiger partial charge >= 0.3 is 0 Å². The van der Waals surface area contributed by atoms with Crippen molar-refractivity contribution in [2.24, 2.45) is 10.8 Å². The molecule has 0 saturated carbocycles. The Labute approximate surface area is 141 Å². The van der Waals surface area contributed by atoms with Crippen LogP contribution in [0.15, 0.2) is 29.4 Å². The highest BCUT2D eigenvalue weighted by Gasteiger charge is 2.12. The van der Waals surface area contributed by atoms with Gasteiger partial charge in [-0.1, -0.05) is 0 Å². The predicted octanol–water partition coefficient (Wildman–Crippen LogP) is 1.67. The molecule has 7 heteroatoms. The van der Waals surface area contributed by atoms with Crippen molar-refractivity contribution in [3.63, 3.8) is 0 Å². The lowest BCUT2D eigenvalue weighted by atomic mass is 10.1. The summed E-state index contributed by atoms with van der Waals surface area (Å²) in [5.74, 6) is 3.25. The van der Waals surface area contributed by atoms with E-state index in [1.807, 2.05) is 36.0 Å². The molecule has 1 heterocycles. The van der Waals surface area contributed by atoms with Crippen molar-refractivity contribution in [2.75, 3.05) is 38.2 Å². The van der Waals surface area contributed by atoms with Crippen molar-refractivity contribution < 1.29 is 4.74 Å². The third kappa shape index (κ3) is 5.47. The number of rotatable bonds is 6. The van der Waals surface area contributed by atoms with Crippen molar-refractivity contribution in [1.29, 1.82) is 0 Å². The van der Waals surface area contributed by atoms with Gasteiger partial charge in [-0.3, -0.25) is 5.43 Å². The van der Waals surface area contributed by atoms with E-state index in [0.29, 0.717) is 0 Å². The van der Waals surface area contributed by atoms with E-state index in [9.17, 15) is 0 Å². The number of methoxy groups -OCH3 is 1. The number of nitrogens with two attached hydrogens (primary N) is 1. The zero-order chi connectivity index (χ0) is 15.8. The van der Waals surface area contributed by atoms with E-state index in [1.54, 1.807) is 7.11 Å². The third-order valence-corrected chi connectivity index (χ3v) is 4.53. The monoisotopic (exact) mass is 338 g/mol. The molecule has 0 amide bonds. The molecule has 0 unspecified atom stereocenters. The Balaban J connectivity index is 2.04. The molecule has 5 nitrogen and oxygen atoms in total. The summed E-state index contributed by atoms with van der Waals surface area (Å²) in [6, 6.07) is 7.88. The number of thiocarbonyl (C=S) groups is 1. The van der Waals surface area contributed by atoms with Crippen molar-refractivity contribution in [3.05, 3.63) is 29.8 Å². The minimum atomic E-state index is 0.181. The number of hydrogen-bond acceptors (Lipinski definition) is 5. The van der Waals surface area contributed by atoms with Crippen LogP contribution < -0.4 is 15.9 Å². The Bertz CT molecular complexity index is 513. The molecule has 1 aliphatic rings. The number of nitrogens with zero attached hydrogens (tertiary/aromatic N) is 2. The molecule has 1 fully saturated rings. The average molecular weight is 339 g/mol. The second-order valence-electron chi connectivity index (χ2n) is 4.97. The topological polar surface area (TPSA) is 62.9 Å². The lowest BCUT2D eigenvalue weighted by Gasteiger charge is -2.26. The van der Waals surface area contributed by atoms with Crippen LogP contribution in [0.4, 0.5) is 0 Å². The van der Waals surface area contributed by atoms with E-state index in [4.69, 9.17) is 22.7 Å². The largest absolute Gasteiger partial charge is 0.497 e. The van der Waals surface area contributed by atoms with Gasteiger partial charge in [0.1, 0.15) is 5.75 Å². The number of thioether (sulfide) groups is 1. The minimum Gasteiger partial charge on any atom is -0.497 e. The summed E-state index contributed by atoms with van der Waals surface area (Å²) < 4.78 is 5.20. The number of hydrogen-bond donors (Lipinski definition) is 2. The van der Waals surface area contributed by atoms with Gasteiger partial charge in [-0.15, -0.1) is 0 Å². The molecule has 0 bridgehead atoms. The van der Waals surface area contributed by atoms with Crippen LogP contribution in [0.5, 0.6) is 5.75 Å². The fraction of sp³-hybridized carbons (Fsp3) is 0.467.